The van der Waals surface area contributed by atoms with E-state index >= 15 is 0 Å². The van der Waals surface area contributed by atoms with Gasteiger partial charge in [0.05, 0.1) is 14.4 Å². The molecule has 0 aliphatic carbocycles. The summed E-state index contributed by atoms with van der Waals surface area (Å²) in [4.78, 5) is 20.5. The van der Waals surface area contributed by atoms with Crippen molar-refractivity contribution < 1.29 is 78.0 Å². The number of rotatable bonds is 9. The van der Waals surface area contributed by atoms with Crippen molar-refractivity contribution in [2.24, 2.45) is 0 Å². The summed E-state index contributed by atoms with van der Waals surface area (Å²) in [6, 6.07) is 0. The minimum absolute atomic E-state index is 0. The SMILES string of the molecule is CC(C)=CCC/C(C)=C/CC/C(C)=C/COP(=O)([O-])[O-].[Na+].[Na+]. The zero-order valence-corrected chi connectivity index (χ0v) is 19.7. The van der Waals surface area contributed by atoms with Crippen LogP contribution in [0.1, 0.15) is 53.4 Å². The maximum absolute atomic E-state index is 10.3. The van der Waals surface area contributed by atoms with Gasteiger partial charge in [-0.25, -0.2) is 0 Å². The van der Waals surface area contributed by atoms with E-state index in [2.05, 4.69) is 37.4 Å². The molecule has 0 N–H and O–H groups in total. The first kappa shape index (κ1) is 28.1. The summed E-state index contributed by atoms with van der Waals surface area (Å²) in [5.74, 6) is 0. The van der Waals surface area contributed by atoms with Gasteiger partial charge < -0.3 is 18.9 Å². The second kappa shape index (κ2) is 15.8. The van der Waals surface area contributed by atoms with Gasteiger partial charge in [0.25, 0.3) is 0 Å². The Morgan fingerprint density at radius 3 is 1.82 bits per heavy atom. The summed E-state index contributed by atoms with van der Waals surface area (Å²) in [7, 11) is -4.85. The Labute approximate surface area is 179 Å². The van der Waals surface area contributed by atoms with Crippen molar-refractivity contribution in [2.75, 3.05) is 6.61 Å². The summed E-state index contributed by atoms with van der Waals surface area (Å²) in [6.07, 6.45) is 9.94. The predicted molar refractivity (Wildman–Crippen MR) is 79.0 cm³/mol. The second-order valence-electron chi connectivity index (χ2n) is 5.20. The first-order valence-corrected chi connectivity index (χ1v) is 8.28. The maximum atomic E-state index is 10.3. The van der Waals surface area contributed by atoms with E-state index in [9.17, 15) is 14.4 Å². The van der Waals surface area contributed by atoms with Gasteiger partial charge in [0.2, 0.25) is 0 Å². The van der Waals surface area contributed by atoms with Gasteiger partial charge in [0, 0.05) is 0 Å². The molecule has 0 radical (unpaired) electrons. The molecule has 0 rings (SSSR count). The van der Waals surface area contributed by atoms with Crippen LogP contribution in [0.5, 0.6) is 0 Å². The van der Waals surface area contributed by atoms with Crippen molar-refractivity contribution in [1.29, 1.82) is 0 Å². The molecule has 0 aromatic heterocycles. The van der Waals surface area contributed by atoms with Crippen LogP contribution in [-0.4, -0.2) is 6.61 Å². The summed E-state index contributed by atoms with van der Waals surface area (Å²) in [6.45, 7) is 8.04. The molecule has 0 aromatic carbocycles. The molecule has 0 atom stereocenters. The van der Waals surface area contributed by atoms with Gasteiger partial charge in [-0.2, -0.15) is 0 Å². The van der Waals surface area contributed by atoms with E-state index in [0.29, 0.717) is 0 Å². The molecule has 0 bridgehead atoms. The van der Waals surface area contributed by atoms with Crippen molar-refractivity contribution >= 4 is 7.82 Å². The van der Waals surface area contributed by atoms with Gasteiger partial charge in [0.1, 0.15) is 0 Å². The smallest absolute Gasteiger partial charge is 0.790 e. The molecule has 0 saturated carbocycles. The van der Waals surface area contributed by atoms with E-state index in [4.69, 9.17) is 0 Å². The fraction of sp³-hybridized carbons (Fsp3) is 0.600. The van der Waals surface area contributed by atoms with Gasteiger partial charge in [-0.3, -0.25) is 0 Å². The van der Waals surface area contributed by atoms with Crippen molar-refractivity contribution in [3.05, 3.63) is 34.9 Å². The molecule has 0 unspecified atom stereocenters. The van der Waals surface area contributed by atoms with E-state index in [1.165, 1.54) is 11.1 Å². The molecular weight excluding hydrogens is 321 g/mol. The molecule has 0 fully saturated rings. The van der Waals surface area contributed by atoms with Crippen LogP contribution >= 0.6 is 7.82 Å². The molecule has 0 aliphatic rings. The average Bonchev–Trinajstić information content (AvgIpc) is 2.26. The quantitative estimate of drug-likeness (QED) is 0.258. The van der Waals surface area contributed by atoms with E-state index in [1.54, 1.807) is 6.08 Å². The third kappa shape index (κ3) is 21.3. The van der Waals surface area contributed by atoms with Crippen molar-refractivity contribution in [1.82, 2.24) is 0 Å². The third-order valence-electron chi connectivity index (χ3n) is 2.79. The molecule has 0 aromatic rings. The Hall–Kier alpha value is 1.33. The van der Waals surface area contributed by atoms with Gasteiger partial charge in [-0.1, -0.05) is 34.9 Å². The zero-order valence-electron chi connectivity index (χ0n) is 14.8. The van der Waals surface area contributed by atoms with Crippen molar-refractivity contribution in [2.45, 2.75) is 53.4 Å². The van der Waals surface area contributed by atoms with Gasteiger partial charge in [-0.15, -0.1) is 0 Å². The molecule has 116 valence electrons. The largest absolute Gasteiger partial charge is 1.00 e. The van der Waals surface area contributed by atoms with Crippen LogP contribution in [0.2, 0.25) is 0 Å². The molecule has 0 saturated heterocycles. The van der Waals surface area contributed by atoms with Crippen LogP contribution in [0, 0.1) is 0 Å². The Morgan fingerprint density at radius 2 is 1.36 bits per heavy atom. The molecule has 0 amide bonds. The van der Waals surface area contributed by atoms with Gasteiger partial charge in [0.15, 0.2) is 0 Å². The monoisotopic (exact) mass is 346 g/mol. The third-order valence-corrected chi connectivity index (χ3v) is 3.25. The fourth-order valence-electron chi connectivity index (χ4n) is 1.61. The Kier molecular flexibility index (Phi) is 20.3. The van der Waals surface area contributed by atoms with Crippen molar-refractivity contribution in [3.8, 4) is 0 Å². The number of hydrogen-bond donors (Lipinski definition) is 0. The fourth-order valence-corrected chi connectivity index (χ4v) is 1.87. The van der Waals surface area contributed by atoms with E-state index in [0.717, 1.165) is 31.3 Å². The zero-order chi connectivity index (χ0) is 15.6. The minimum atomic E-state index is -4.85. The molecule has 0 spiro atoms. The van der Waals surface area contributed by atoms with Crippen LogP contribution in [0.15, 0.2) is 34.9 Å². The topological polar surface area (TPSA) is 72.4 Å². The number of phosphoric ester groups is 1. The van der Waals surface area contributed by atoms with E-state index in [1.807, 2.05) is 6.92 Å². The Morgan fingerprint density at radius 1 is 0.909 bits per heavy atom. The average molecular weight is 346 g/mol. The van der Waals surface area contributed by atoms with E-state index < -0.39 is 7.82 Å². The van der Waals surface area contributed by atoms with Crippen molar-refractivity contribution in [3.63, 3.8) is 0 Å². The summed E-state index contributed by atoms with van der Waals surface area (Å²) < 4.78 is 14.4. The van der Waals surface area contributed by atoms with Gasteiger partial charge in [-0.05, 0) is 53.4 Å². The molecule has 0 aliphatic heterocycles. The second-order valence-corrected chi connectivity index (χ2v) is 6.36. The number of allylic oxidation sites excluding steroid dienone is 5. The van der Waals surface area contributed by atoms with Crippen LogP contribution in [-0.2, 0) is 9.09 Å². The number of hydrogen-bond acceptors (Lipinski definition) is 4. The normalized spacial score (nSPS) is 12.3. The number of phosphoric acid groups is 1. The summed E-state index contributed by atoms with van der Waals surface area (Å²) >= 11 is 0. The first-order valence-electron chi connectivity index (χ1n) is 6.82. The Balaban J connectivity index is -0.00000180. The van der Waals surface area contributed by atoms with Crippen LogP contribution < -0.4 is 68.9 Å². The Bertz CT molecular complexity index is 421. The molecular formula is C15H25Na2O4P. The molecule has 4 nitrogen and oxygen atoms in total. The van der Waals surface area contributed by atoms with Gasteiger partial charge >= 0.3 is 59.1 Å². The maximum Gasteiger partial charge on any atom is 1.00 e. The van der Waals surface area contributed by atoms with Crippen LogP contribution in [0.3, 0.4) is 0 Å². The summed E-state index contributed by atoms with van der Waals surface area (Å²) in [5.41, 5.74) is 3.72. The standard InChI is InChI=1S/C15H27O4P.2Na/c1-13(2)7-5-8-14(3)9-6-10-15(4)11-12-19-20(16,17)18;;/h7,9,11H,5-6,8,10,12H2,1-4H3,(H2,16,17,18);;/q;2*+1/p-2/b14-9+,15-11+;;. The molecule has 22 heavy (non-hydrogen) atoms. The minimum Gasteiger partial charge on any atom is -0.790 e. The predicted octanol–water partition coefficient (Wildman–Crippen LogP) is -2.74. The van der Waals surface area contributed by atoms with E-state index in [-0.39, 0.29) is 65.7 Å². The summed E-state index contributed by atoms with van der Waals surface area (Å²) in [5, 5.41) is 0. The van der Waals surface area contributed by atoms with Crippen LogP contribution in [0.4, 0.5) is 0 Å². The first-order chi connectivity index (χ1) is 9.20. The molecule has 7 heteroatoms. The molecule has 0 heterocycles. The van der Waals surface area contributed by atoms with Crippen LogP contribution in [0.25, 0.3) is 0 Å².